The number of amides is 1. The average molecular weight is 246 g/mol. The number of nitrogens with one attached hydrogen (secondary N) is 1. The van der Waals surface area contributed by atoms with E-state index < -0.39 is 5.91 Å². The van der Waals surface area contributed by atoms with E-state index >= 15 is 0 Å². The maximum atomic E-state index is 10.9. The molecule has 0 aromatic carbocycles. The van der Waals surface area contributed by atoms with Crippen LogP contribution in [-0.4, -0.2) is 33.4 Å². The van der Waals surface area contributed by atoms with Crippen LogP contribution in [0.15, 0.2) is 22.0 Å². The van der Waals surface area contributed by atoms with Gasteiger partial charge < -0.3 is 10.7 Å². The summed E-state index contributed by atoms with van der Waals surface area (Å²) in [7, 11) is 0. The Morgan fingerprint density at radius 3 is 3.00 bits per heavy atom. The standard InChI is InChI=1S/C6H8ClN7O2/c7-1-2-14(13-16)12-11-6-4(5(8)15)9-3-10-6/h3H,1-2H2,(H2,8,15)(H,9,10). The van der Waals surface area contributed by atoms with Crippen molar-refractivity contribution in [2.45, 2.75) is 0 Å². The molecule has 1 rings (SSSR count). The van der Waals surface area contributed by atoms with E-state index in [0.29, 0.717) is 0 Å². The Labute approximate surface area is 94.6 Å². The van der Waals surface area contributed by atoms with E-state index in [-0.39, 0.29) is 23.9 Å². The Bertz CT molecular complexity index is 403. The van der Waals surface area contributed by atoms with Gasteiger partial charge in [-0.2, -0.15) is 0 Å². The Morgan fingerprint density at radius 2 is 2.44 bits per heavy atom. The van der Waals surface area contributed by atoms with Gasteiger partial charge in [-0.1, -0.05) is 0 Å². The lowest BCUT2D eigenvalue weighted by molar-refractivity contribution is 0.0996. The largest absolute Gasteiger partial charge is 0.364 e. The second-order valence-corrected chi connectivity index (χ2v) is 2.90. The molecule has 0 aliphatic heterocycles. The highest BCUT2D eigenvalue weighted by atomic mass is 35.5. The van der Waals surface area contributed by atoms with Crippen molar-refractivity contribution >= 4 is 23.3 Å². The third-order valence-corrected chi connectivity index (χ3v) is 1.66. The first-order valence-corrected chi connectivity index (χ1v) is 4.64. The summed E-state index contributed by atoms with van der Waals surface area (Å²) in [5.74, 6) is -0.585. The summed E-state index contributed by atoms with van der Waals surface area (Å²) < 4.78 is 0. The molecule has 0 saturated carbocycles. The summed E-state index contributed by atoms with van der Waals surface area (Å²) in [5.41, 5.74) is 5.03. The van der Waals surface area contributed by atoms with E-state index in [4.69, 9.17) is 17.3 Å². The summed E-state index contributed by atoms with van der Waals surface area (Å²) >= 11 is 5.38. The Hall–Kier alpha value is -2.03. The molecule has 3 N–H and O–H groups in total. The molecule has 0 atom stereocenters. The monoisotopic (exact) mass is 245 g/mol. The van der Waals surface area contributed by atoms with Gasteiger partial charge in [-0.3, -0.25) is 4.79 Å². The van der Waals surface area contributed by atoms with Gasteiger partial charge >= 0.3 is 0 Å². The van der Waals surface area contributed by atoms with Crippen LogP contribution in [0.25, 0.3) is 0 Å². The SMILES string of the molecule is NC(=O)c1[nH]cnc1N=NN(CCCl)N=O. The molecular weight excluding hydrogens is 238 g/mol. The second-order valence-electron chi connectivity index (χ2n) is 2.52. The van der Waals surface area contributed by atoms with Gasteiger partial charge in [0, 0.05) is 5.88 Å². The highest BCUT2D eigenvalue weighted by molar-refractivity contribution is 6.18. The highest BCUT2D eigenvalue weighted by Crippen LogP contribution is 2.13. The molecule has 10 heteroatoms. The smallest absolute Gasteiger partial charge is 0.269 e. The molecule has 0 aliphatic carbocycles. The Balaban J connectivity index is 2.78. The van der Waals surface area contributed by atoms with E-state index in [1.807, 2.05) is 0 Å². The van der Waals surface area contributed by atoms with Crippen LogP contribution in [0.4, 0.5) is 5.82 Å². The number of aromatic nitrogens is 2. The summed E-state index contributed by atoms with van der Waals surface area (Å²) in [6.07, 6.45) is 1.23. The molecule has 9 nitrogen and oxygen atoms in total. The molecule has 0 aliphatic rings. The molecule has 16 heavy (non-hydrogen) atoms. The number of primary amides is 1. The molecule has 1 aromatic rings. The fourth-order valence-electron chi connectivity index (χ4n) is 0.816. The van der Waals surface area contributed by atoms with Crippen molar-refractivity contribution in [1.82, 2.24) is 15.1 Å². The van der Waals surface area contributed by atoms with Gasteiger partial charge in [0.15, 0.2) is 5.69 Å². The van der Waals surface area contributed by atoms with Crippen molar-refractivity contribution in [2.75, 3.05) is 12.4 Å². The number of halogens is 1. The quantitative estimate of drug-likeness (QED) is 0.331. The van der Waals surface area contributed by atoms with Crippen LogP contribution in [0, 0.1) is 4.91 Å². The van der Waals surface area contributed by atoms with Gasteiger partial charge in [-0.05, 0) is 5.22 Å². The predicted molar refractivity (Wildman–Crippen MR) is 54.8 cm³/mol. The average Bonchev–Trinajstić information content (AvgIpc) is 2.72. The lowest BCUT2D eigenvalue weighted by Gasteiger charge is -2.02. The first-order chi connectivity index (χ1) is 7.69. The molecule has 0 saturated heterocycles. The van der Waals surface area contributed by atoms with Gasteiger partial charge in [-0.25, -0.2) is 4.98 Å². The predicted octanol–water partition coefficient (Wildman–Crippen LogP) is 0.729. The lowest BCUT2D eigenvalue weighted by Crippen LogP contribution is -2.12. The van der Waals surface area contributed by atoms with Crippen LogP contribution in [0.5, 0.6) is 0 Å². The second kappa shape index (κ2) is 5.75. The molecule has 0 fully saturated rings. The topological polar surface area (TPSA) is 129 Å². The summed E-state index contributed by atoms with van der Waals surface area (Å²) in [5, 5.41) is 10.2. The maximum absolute atomic E-state index is 10.9. The maximum Gasteiger partial charge on any atom is 0.269 e. The molecule has 0 radical (unpaired) electrons. The lowest BCUT2D eigenvalue weighted by atomic mass is 10.4. The van der Waals surface area contributed by atoms with Crippen molar-refractivity contribution in [2.24, 2.45) is 21.4 Å². The van der Waals surface area contributed by atoms with E-state index in [2.05, 4.69) is 25.6 Å². The van der Waals surface area contributed by atoms with Crippen molar-refractivity contribution in [1.29, 1.82) is 0 Å². The zero-order valence-corrected chi connectivity index (χ0v) is 8.76. The number of hydrogen-bond acceptors (Lipinski definition) is 6. The third kappa shape index (κ3) is 2.98. The van der Waals surface area contributed by atoms with E-state index in [1.165, 1.54) is 6.33 Å². The summed E-state index contributed by atoms with van der Waals surface area (Å²) in [6, 6.07) is 0. The number of rotatable bonds is 6. The molecule has 1 heterocycles. The van der Waals surface area contributed by atoms with Crippen LogP contribution in [0.1, 0.15) is 10.5 Å². The van der Waals surface area contributed by atoms with Crippen molar-refractivity contribution in [3.63, 3.8) is 0 Å². The van der Waals surface area contributed by atoms with Gasteiger partial charge in [0.2, 0.25) is 5.82 Å². The number of alkyl halides is 1. The summed E-state index contributed by atoms with van der Waals surface area (Å²) in [6.45, 7) is 0.102. The molecule has 1 aromatic heterocycles. The Kier molecular flexibility index (Phi) is 4.33. The normalized spacial score (nSPS) is 10.6. The van der Waals surface area contributed by atoms with E-state index in [1.54, 1.807) is 0 Å². The zero-order chi connectivity index (χ0) is 12.0. The molecular formula is C6H8ClN7O2. The molecule has 1 amide bonds. The number of nitrogens with two attached hydrogens (primary N) is 1. The zero-order valence-electron chi connectivity index (χ0n) is 8.00. The molecule has 0 spiro atoms. The fraction of sp³-hybridized carbons (Fsp3) is 0.333. The molecule has 0 bridgehead atoms. The first-order valence-electron chi connectivity index (χ1n) is 4.10. The number of nitroso groups, excluding NO2 is 1. The fourth-order valence-corrected chi connectivity index (χ4v) is 0.967. The number of nitrogens with zero attached hydrogens (tertiary/aromatic N) is 5. The van der Waals surface area contributed by atoms with Gasteiger partial charge in [0.1, 0.15) is 0 Å². The number of hydrogen-bond donors (Lipinski definition) is 2. The third-order valence-electron chi connectivity index (χ3n) is 1.49. The first kappa shape index (κ1) is 12.0. The van der Waals surface area contributed by atoms with Gasteiger partial charge in [0.25, 0.3) is 5.91 Å². The number of H-pyrrole nitrogens is 1. The number of carbonyl (C=O) groups excluding carboxylic acids is 1. The minimum atomic E-state index is -0.727. The van der Waals surface area contributed by atoms with E-state index in [0.717, 1.165) is 5.12 Å². The number of carbonyl (C=O) groups is 1. The Morgan fingerprint density at radius 1 is 1.69 bits per heavy atom. The van der Waals surface area contributed by atoms with Crippen LogP contribution >= 0.6 is 11.6 Å². The van der Waals surface area contributed by atoms with Crippen LogP contribution < -0.4 is 5.73 Å². The molecule has 0 unspecified atom stereocenters. The number of imidazole rings is 1. The van der Waals surface area contributed by atoms with Crippen LogP contribution in [-0.2, 0) is 0 Å². The minimum Gasteiger partial charge on any atom is -0.364 e. The summed E-state index contributed by atoms with van der Waals surface area (Å²) in [4.78, 5) is 27.2. The number of aromatic amines is 1. The molecule has 86 valence electrons. The van der Waals surface area contributed by atoms with Gasteiger partial charge in [0.05, 0.1) is 18.2 Å². The van der Waals surface area contributed by atoms with Gasteiger partial charge in [-0.15, -0.1) is 26.7 Å². The highest BCUT2D eigenvalue weighted by Gasteiger charge is 2.10. The van der Waals surface area contributed by atoms with Crippen molar-refractivity contribution in [3.05, 3.63) is 16.9 Å². The van der Waals surface area contributed by atoms with Crippen LogP contribution in [0.2, 0.25) is 0 Å². The van der Waals surface area contributed by atoms with Crippen molar-refractivity contribution in [3.8, 4) is 0 Å². The van der Waals surface area contributed by atoms with Crippen LogP contribution in [0.3, 0.4) is 0 Å². The van der Waals surface area contributed by atoms with E-state index in [9.17, 15) is 9.70 Å². The minimum absolute atomic E-state index is 0.000437. The van der Waals surface area contributed by atoms with Crippen molar-refractivity contribution < 1.29 is 4.79 Å².